The number of pyridine rings is 1. The number of urea groups is 1. The zero-order valence-corrected chi connectivity index (χ0v) is 14.5. The van der Waals surface area contributed by atoms with E-state index < -0.39 is 0 Å². The summed E-state index contributed by atoms with van der Waals surface area (Å²) in [5.41, 5.74) is 2.86. The van der Waals surface area contributed by atoms with Crippen LogP contribution in [0.1, 0.15) is 11.1 Å². The molecule has 3 rings (SSSR count). The van der Waals surface area contributed by atoms with E-state index in [1.807, 2.05) is 12.1 Å². The van der Waals surface area contributed by atoms with Crippen molar-refractivity contribution in [3.05, 3.63) is 41.6 Å². The predicted molar refractivity (Wildman–Crippen MR) is 93.5 cm³/mol. The fraction of sp³-hybridized carbons (Fsp3) is 0.333. The second-order valence-corrected chi connectivity index (χ2v) is 5.67. The Hall–Kier alpha value is -2.96. The number of nitrogens with zero attached hydrogens (tertiary/aromatic N) is 2. The molecular formula is C18H21N3O4. The van der Waals surface area contributed by atoms with Crippen LogP contribution in [0.25, 0.3) is 0 Å². The SMILES string of the molecule is COc1ccc(NC(=O)N2CCc3cc(OC)c(OC)cc3C2)cn1. The van der Waals surface area contributed by atoms with Gasteiger partial charge < -0.3 is 24.4 Å². The molecule has 0 unspecified atom stereocenters. The molecule has 0 saturated carbocycles. The second-order valence-electron chi connectivity index (χ2n) is 5.67. The minimum Gasteiger partial charge on any atom is -0.493 e. The minimum absolute atomic E-state index is 0.160. The molecule has 2 amide bonds. The van der Waals surface area contributed by atoms with E-state index >= 15 is 0 Å². The van der Waals surface area contributed by atoms with E-state index in [4.69, 9.17) is 14.2 Å². The quantitative estimate of drug-likeness (QED) is 0.924. The first-order valence-electron chi connectivity index (χ1n) is 7.94. The van der Waals surface area contributed by atoms with E-state index in [-0.39, 0.29) is 6.03 Å². The summed E-state index contributed by atoms with van der Waals surface area (Å²) >= 11 is 0. The van der Waals surface area contributed by atoms with Crippen molar-refractivity contribution in [1.82, 2.24) is 9.88 Å². The number of nitrogens with one attached hydrogen (secondary N) is 1. The number of fused-ring (bicyclic) bond motifs is 1. The third kappa shape index (κ3) is 3.60. The van der Waals surface area contributed by atoms with Gasteiger partial charge in [-0.1, -0.05) is 0 Å². The normalized spacial score (nSPS) is 13.0. The molecule has 0 radical (unpaired) electrons. The maximum atomic E-state index is 12.5. The summed E-state index contributed by atoms with van der Waals surface area (Å²) in [7, 11) is 4.78. The maximum Gasteiger partial charge on any atom is 0.322 e. The molecular weight excluding hydrogens is 322 g/mol. The van der Waals surface area contributed by atoms with Crippen LogP contribution in [-0.4, -0.2) is 43.8 Å². The highest BCUT2D eigenvalue weighted by Crippen LogP contribution is 2.33. The van der Waals surface area contributed by atoms with E-state index in [1.165, 1.54) is 5.56 Å². The van der Waals surface area contributed by atoms with E-state index in [0.717, 1.165) is 12.0 Å². The average Bonchev–Trinajstić information content (AvgIpc) is 2.66. The van der Waals surface area contributed by atoms with Gasteiger partial charge in [0.25, 0.3) is 0 Å². The van der Waals surface area contributed by atoms with Crippen LogP contribution >= 0.6 is 0 Å². The van der Waals surface area contributed by atoms with Gasteiger partial charge in [0.15, 0.2) is 11.5 Å². The Kier molecular flexibility index (Phi) is 4.92. The maximum absolute atomic E-state index is 12.5. The smallest absolute Gasteiger partial charge is 0.322 e. The van der Waals surface area contributed by atoms with Gasteiger partial charge in [-0.15, -0.1) is 0 Å². The van der Waals surface area contributed by atoms with E-state index in [9.17, 15) is 4.79 Å². The van der Waals surface area contributed by atoms with Crippen LogP contribution in [-0.2, 0) is 13.0 Å². The molecule has 2 aromatic rings. The van der Waals surface area contributed by atoms with Gasteiger partial charge in [-0.05, 0) is 35.7 Å². The van der Waals surface area contributed by atoms with Crippen molar-refractivity contribution >= 4 is 11.7 Å². The van der Waals surface area contributed by atoms with Crippen molar-refractivity contribution in [3.8, 4) is 17.4 Å². The predicted octanol–water partition coefficient (Wildman–Crippen LogP) is 2.70. The molecule has 2 heterocycles. The molecule has 0 aliphatic carbocycles. The summed E-state index contributed by atoms with van der Waals surface area (Å²) in [6.07, 6.45) is 2.34. The zero-order valence-electron chi connectivity index (χ0n) is 14.5. The number of aromatic nitrogens is 1. The van der Waals surface area contributed by atoms with Crippen LogP contribution in [0.4, 0.5) is 10.5 Å². The van der Waals surface area contributed by atoms with Crippen LogP contribution < -0.4 is 19.5 Å². The third-order valence-electron chi connectivity index (χ3n) is 4.20. The number of rotatable bonds is 4. The van der Waals surface area contributed by atoms with Gasteiger partial charge in [0, 0.05) is 19.2 Å². The van der Waals surface area contributed by atoms with Gasteiger partial charge in [0.05, 0.1) is 33.2 Å². The molecule has 0 spiro atoms. The lowest BCUT2D eigenvalue weighted by molar-refractivity contribution is 0.206. The zero-order chi connectivity index (χ0) is 17.8. The van der Waals surface area contributed by atoms with Crippen LogP contribution in [0.2, 0.25) is 0 Å². The summed E-state index contributed by atoms with van der Waals surface area (Å²) in [5.74, 6) is 1.89. The highest BCUT2D eigenvalue weighted by Gasteiger charge is 2.23. The molecule has 0 atom stereocenters. The molecule has 0 bridgehead atoms. The van der Waals surface area contributed by atoms with Crippen molar-refractivity contribution in [2.45, 2.75) is 13.0 Å². The van der Waals surface area contributed by atoms with E-state index in [0.29, 0.717) is 36.2 Å². The number of carbonyl (C=O) groups is 1. The number of amides is 2. The first-order chi connectivity index (χ1) is 12.1. The molecule has 0 fully saturated rings. The van der Waals surface area contributed by atoms with Gasteiger partial charge >= 0.3 is 6.03 Å². The van der Waals surface area contributed by atoms with Crippen molar-refractivity contribution in [2.75, 3.05) is 33.2 Å². The fourth-order valence-corrected chi connectivity index (χ4v) is 2.83. The summed E-state index contributed by atoms with van der Waals surface area (Å²) in [6.45, 7) is 1.16. The third-order valence-corrected chi connectivity index (χ3v) is 4.20. The Morgan fingerprint density at radius 2 is 1.80 bits per heavy atom. The number of hydrogen-bond donors (Lipinski definition) is 1. The van der Waals surface area contributed by atoms with Gasteiger partial charge in [-0.2, -0.15) is 0 Å². The first kappa shape index (κ1) is 16.9. The van der Waals surface area contributed by atoms with Gasteiger partial charge in [0.1, 0.15) is 0 Å². The van der Waals surface area contributed by atoms with Crippen LogP contribution in [0.3, 0.4) is 0 Å². The number of ether oxygens (including phenoxy) is 3. The topological polar surface area (TPSA) is 72.9 Å². The van der Waals surface area contributed by atoms with Gasteiger partial charge in [-0.3, -0.25) is 0 Å². The molecule has 132 valence electrons. The molecule has 25 heavy (non-hydrogen) atoms. The molecule has 7 heteroatoms. The number of carbonyl (C=O) groups excluding carboxylic acids is 1. The summed E-state index contributed by atoms with van der Waals surface area (Å²) in [4.78, 5) is 18.4. The van der Waals surface area contributed by atoms with Crippen molar-refractivity contribution in [3.63, 3.8) is 0 Å². The fourth-order valence-electron chi connectivity index (χ4n) is 2.83. The lowest BCUT2D eigenvalue weighted by Crippen LogP contribution is -2.38. The van der Waals surface area contributed by atoms with Crippen LogP contribution in [0.5, 0.6) is 17.4 Å². The lowest BCUT2D eigenvalue weighted by atomic mass is 9.99. The lowest BCUT2D eigenvalue weighted by Gasteiger charge is -2.29. The Morgan fingerprint density at radius 3 is 2.40 bits per heavy atom. The van der Waals surface area contributed by atoms with Crippen LogP contribution in [0.15, 0.2) is 30.5 Å². The molecule has 1 aliphatic heterocycles. The largest absolute Gasteiger partial charge is 0.493 e. The number of methoxy groups -OCH3 is 3. The van der Waals surface area contributed by atoms with Crippen molar-refractivity contribution in [2.24, 2.45) is 0 Å². The van der Waals surface area contributed by atoms with Crippen LogP contribution in [0, 0.1) is 0 Å². The Balaban J connectivity index is 1.71. The van der Waals surface area contributed by atoms with E-state index in [1.54, 1.807) is 44.6 Å². The summed E-state index contributed by atoms with van der Waals surface area (Å²) in [5, 5.41) is 2.86. The Bertz CT molecular complexity index is 762. The molecule has 1 aromatic carbocycles. The van der Waals surface area contributed by atoms with Gasteiger partial charge in [-0.25, -0.2) is 9.78 Å². The highest BCUT2D eigenvalue weighted by molar-refractivity contribution is 5.89. The second kappa shape index (κ2) is 7.29. The summed E-state index contributed by atoms with van der Waals surface area (Å²) < 4.78 is 15.7. The van der Waals surface area contributed by atoms with Crippen molar-refractivity contribution < 1.29 is 19.0 Å². The monoisotopic (exact) mass is 343 g/mol. The van der Waals surface area contributed by atoms with E-state index in [2.05, 4.69) is 10.3 Å². The molecule has 1 N–H and O–H groups in total. The average molecular weight is 343 g/mol. The molecule has 0 saturated heterocycles. The number of benzene rings is 1. The highest BCUT2D eigenvalue weighted by atomic mass is 16.5. The van der Waals surface area contributed by atoms with Gasteiger partial charge in [0.2, 0.25) is 5.88 Å². The van der Waals surface area contributed by atoms with Crippen molar-refractivity contribution in [1.29, 1.82) is 0 Å². The minimum atomic E-state index is -0.160. The first-order valence-corrected chi connectivity index (χ1v) is 7.94. The molecule has 1 aromatic heterocycles. The standard InChI is InChI=1S/C18H21N3O4/c1-23-15-8-12-6-7-21(11-13(12)9-16(15)24-2)18(22)20-14-4-5-17(25-3)19-10-14/h4-5,8-10H,6-7,11H2,1-3H3,(H,20,22). The Morgan fingerprint density at radius 1 is 1.08 bits per heavy atom. The summed E-state index contributed by atoms with van der Waals surface area (Å²) in [6, 6.07) is 7.22. The molecule has 7 nitrogen and oxygen atoms in total. The number of anilines is 1. The number of hydrogen-bond acceptors (Lipinski definition) is 5. The molecule has 1 aliphatic rings. The Labute approximate surface area is 146 Å².